The summed E-state index contributed by atoms with van der Waals surface area (Å²) in [5.41, 5.74) is 20.0. The van der Waals surface area contributed by atoms with Crippen molar-refractivity contribution in [3.8, 4) is 33.4 Å². The first kappa shape index (κ1) is 45.2. The molecule has 0 spiro atoms. The van der Waals surface area contributed by atoms with E-state index in [2.05, 4.69) is 260 Å². The summed E-state index contributed by atoms with van der Waals surface area (Å²) in [6, 6.07) is 56.1. The number of para-hydroxylation sites is 1. The van der Waals surface area contributed by atoms with Gasteiger partial charge in [-0.25, -0.2) is 0 Å². The summed E-state index contributed by atoms with van der Waals surface area (Å²) in [5.74, 6) is 0.391. The van der Waals surface area contributed by atoms with Crippen LogP contribution in [0.15, 0.2) is 163 Å². The number of anilines is 3. The minimum atomic E-state index is -0.326. The number of allylic oxidation sites excluding steroid dienone is 4. The van der Waals surface area contributed by atoms with Gasteiger partial charge in [-0.2, -0.15) is 0 Å². The van der Waals surface area contributed by atoms with Crippen LogP contribution < -0.4 is 4.90 Å². The van der Waals surface area contributed by atoms with Crippen molar-refractivity contribution in [2.75, 3.05) is 4.90 Å². The lowest BCUT2D eigenvalue weighted by molar-refractivity contribution is 0.276. The quantitative estimate of drug-likeness (QED) is 0.167. The van der Waals surface area contributed by atoms with Crippen molar-refractivity contribution in [2.45, 2.75) is 120 Å². The first-order chi connectivity index (χ1) is 31.0. The molecular formula is C65H71N. The van der Waals surface area contributed by atoms with E-state index in [0.717, 1.165) is 12.1 Å². The topological polar surface area (TPSA) is 3.24 Å². The lowest BCUT2D eigenvalue weighted by atomic mass is 9.68. The van der Waals surface area contributed by atoms with Crippen LogP contribution in [-0.2, 0) is 16.2 Å². The van der Waals surface area contributed by atoms with Crippen LogP contribution in [0.3, 0.4) is 0 Å². The summed E-state index contributed by atoms with van der Waals surface area (Å²) >= 11 is 0. The Morgan fingerprint density at radius 2 is 1.09 bits per heavy atom. The number of rotatable bonds is 5. The molecule has 0 fully saturated rings. The zero-order chi connectivity index (χ0) is 47.1. The van der Waals surface area contributed by atoms with Gasteiger partial charge in [0.05, 0.1) is 17.1 Å². The Hall–Kier alpha value is -5.92. The van der Waals surface area contributed by atoms with E-state index in [1.54, 1.807) is 0 Å². The van der Waals surface area contributed by atoms with Gasteiger partial charge in [0, 0.05) is 22.1 Å². The van der Waals surface area contributed by atoms with Crippen molar-refractivity contribution in [2.24, 2.45) is 16.7 Å². The predicted octanol–water partition coefficient (Wildman–Crippen LogP) is 19.0. The molecule has 66 heavy (non-hydrogen) atoms. The first-order valence-electron chi connectivity index (χ1n) is 24.4. The fourth-order valence-corrected chi connectivity index (χ4v) is 10.3. The molecule has 0 N–H and O–H groups in total. The molecule has 7 aromatic rings. The van der Waals surface area contributed by atoms with Crippen LogP contribution in [0.25, 0.3) is 49.7 Å². The Kier molecular flexibility index (Phi) is 11.1. The van der Waals surface area contributed by atoms with E-state index in [0.29, 0.717) is 5.92 Å². The molecule has 0 saturated heterocycles. The number of fused-ring (bicyclic) bond motifs is 2. The Morgan fingerprint density at radius 1 is 0.455 bits per heavy atom. The largest absolute Gasteiger partial charge is 0.309 e. The highest BCUT2D eigenvalue weighted by Gasteiger charge is 2.35. The molecule has 0 saturated carbocycles. The molecule has 7 aromatic carbocycles. The van der Waals surface area contributed by atoms with E-state index >= 15 is 0 Å². The van der Waals surface area contributed by atoms with Gasteiger partial charge in [-0.1, -0.05) is 236 Å². The van der Waals surface area contributed by atoms with E-state index < -0.39 is 0 Å². The van der Waals surface area contributed by atoms with E-state index in [1.807, 2.05) is 0 Å². The minimum absolute atomic E-state index is 0.0302. The SMILES string of the molecule is CC(C)(C)C1=CC(c2ccccc2N(c2ccc(C(C)(C)C)cc2-c2ccccc2)c2cc3ccc2-c2cccc4cccc(c24)-c2cc(C(C)(C)C)cc(c2)C3(C)C)=CC(C(C)(C)C)C1. The van der Waals surface area contributed by atoms with Crippen molar-refractivity contribution in [3.05, 3.63) is 191 Å². The van der Waals surface area contributed by atoms with E-state index in [9.17, 15) is 0 Å². The van der Waals surface area contributed by atoms with E-state index in [-0.39, 0.29) is 27.1 Å². The molecule has 4 bridgehead atoms. The Balaban J connectivity index is 1.45. The summed E-state index contributed by atoms with van der Waals surface area (Å²) in [7, 11) is 0. The molecule has 1 heteroatoms. The van der Waals surface area contributed by atoms with Crippen LogP contribution in [0.1, 0.15) is 131 Å². The van der Waals surface area contributed by atoms with Crippen LogP contribution >= 0.6 is 0 Å². The molecule has 336 valence electrons. The highest BCUT2D eigenvalue weighted by Crippen LogP contribution is 2.53. The van der Waals surface area contributed by atoms with E-state index in [4.69, 9.17) is 0 Å². The smallest absolute Gasteiger partial charge is 0.0543 e. The zero-order valence-corrected chi connectivity index (χ0v) is 42.2. The first-order valence-corrected chi connectivity index (χ1v) is 24.4. The summed E-state index contributed by atoms with van der Waals surface area (Å²) < 4.78 is 0. The number of hydrogen-bond acceptors (Lipinski definition) is 1. The van der Waals surface area contributed by atoms with Gasteiger partial charge in [-0.3, -0.25) is 0 Å². The van der Waals surface area contributed by atoms with Crippen LogP contribution in [-0.4, -0.2) is 0 Å². The van der Waals surface area contributed by atoms with Crippen LogP contribution in [0.5, 0.6) is 0 Å². The molecule has 1 nitrogen and oxygen atoms in total. The predicted molar refractivity (Wildman–Crippen MR) is 288 cm³/mol. The molecule has 0 aliphatic heterocycles. The third kappa shape index (κ3) is 8.29. The van der Waals surface area contributed by atoms with Gasteiger partial charge in [0.1, 0.15) is 0 Å². The maximum absolute atomic E-state index is 2.64. The monoisotopic (exact) mass is 866 g/mol. The lowest BCUT2D eigenvalue weighted by Crippen LogP contribution is -2.25. The highest BCUT2D eigenvalue weighted by atomic mass is 15.2. The molecule has 1 unspecified atom stereocenters. The second kappa shape index (κ2) is 16.2. The lowest BCUT2D eigenvalue weighted by Gasteiger charge is -2.38. The van der Waals surface area contributed by atoms with Gasteiger partial charge in [-0.15, -0.1) is 0 Å². The van der Waals surface area contributed by atoms with Gasteiger partial charge in [0.2, 0.25) is 0 Å². The van der Waals surface area contributed by atoms with Crippen LogP contribution in [0, 0.1) is 16.7 Å². The van der Waals surface area contributed by atoms with Crippen LogP contribution in [0.4, 0.5) is 17.1 Å². The fourth-order valence-electron chi connectivity index (χ4n) is 10.3. The number of hydrogen-bond donors (Lipinski definition) is 0. The fraction of sp³-hybridized carbons (Fsp3) is 0.323. The third-order valence-electron chi connectivity index (χ3n) is 14.9. The Labute approximate surface area is 397 Å². The molecule has 0 radical (unpaired) electrons. The van der Waals surface area contributed by atoms with Crippen molar-refractivity contribution >= 4 is 33.4 Å². The molecule has 10 rings (SSSR count). The summed E-state index contributed by atoms with van der Waals surface area (Å²) in [5, 5.41) is 2.53. The highest BCUT2D eigenvalue weighted by molar-refractivity contribution is 6.10. The van der Waals surface area contributed by atoms with Gasteiger partial charge in [0.25, 0.3) is 0 Å². The van der Waals surface area contributed by atoms with Gasteiger partial charge in [-0.05, 0) is 119 Å². The second-order valence-electron chi connectivity index (χ2n) is 24.0. The minimum Gasteiger partial charge on any atom is -0.309 e. The maximum atomic E-state index is 2.64. The number of nitrogens with zero attached hydrogens (tertiary/aromatic N) is 1. The normalized spacial score (nSPS) is 16.1. The summed E-state index contributed by atoms with van der Waals surface area (Å²) in [6.07, 6.45) is 6.18. The molecule has 3 aliphatic carbocycles. The average Bonchev–Trinajstić information content (AvgIpc) is 3.28. The van der Waals surface area contributed by atoms with Crippen molar-refractivity contribution in [1.29, 1.82) is 0 Å². The zero-order valence-electron chi connectivity index (χ0n) is 42.2. The maximum Gasteiger partial charge on any atom is 0.0543 e. The van der Waals surface area contributed by atoms with Crippen molar-refractivity contribution in [1.82, 2.24) is 0 Å². The molecule has 0 heterocycles. The average molecular weight is 866 g/mol. The molecular weight excluding hydrogens is 795 g/mol. The third-order valence-corrected chi connectivity index (χ3v) is 14.9. The van der Waals surface area contributed by atoms with Gasteiger partial charge in [0.15, 0.2) is 0 Å². The van der Waals surface area contributed by atoms with Crippen molar-refractivity contribution in [3.63, 3.8) is 0 Å². The van der Waals surface area contributed by atoms with Crippen LogP contribution in [0.2, 0.25) is 0 Å². The summed E-state index contributed by atoms with van der Waals surface area (Å²) in [6.45, 7) is 33.2. The number of benzene rings is 7. The molecule has 3 aliphatic rings. The summed E-state index contributed by atoms with van der Waals surface area (Å²) in [4.78, 5) is 2.64. The standard InChI is InChI=1S/C65H71N/c1-61(2,3)46-31-33-58(56(40-46)42-22-16-15-17-23-42)66(57-29-19-18-26-52(57)44-34-48(62(4,5)6)38-49(35-44)63(7,8)9)59-41-47-30-32-54(59)55-28-21-25-43-24-20-27-53(60(43)55)45-36-50(64(10,11)12)39-51(37-45)65(47,13)14/h15-37,39-41,48H,38H2,1-14H3. The van der Waals surface area contributed by atoms with Crippen molar-refractivity contribution < 1.29 is 0 Å². The molecule has 0 aromatic heterocycles. The van der Waals surface area contributed by atoms with E-state index in [1.165, 1.54) is 94.5 Å². The second-order valence-corrected chi connectivity index (χ2v) is 24.0. The Bertz CT molecular complexity index is 3040. The van der Waals surface area contributed by atoms with Gasteiger partial charge >= 0.3 is 0 Å². The Morgan fingerprint density at radius 3 is 1.76 bits per heavy atom. The molecule has 0 amide bonds. The molecule has 1 atom stereocenters. The van der Waals surface area contributed by atoms with Gasteiger partial charge < -0.3 is 4.90 Å².